The first kappa shape index (κ1) is 17.7. The van der Waals surface area contributed by atoms with Crippen molar-refractivity contribution in [2.75, 3.05) is 19.0 Å². The average molecular weight is 325 g/mol. The average Bonchev–Trinajstić information content (AvgIpc) is 2.39. The Labute approximate surface area is 125 Å². The van der Waals surface area contributed by atoms with Gasteiger partial charge in [0.1, 0.15) is 0 Å². The molecule has 0 aliphatic rings. The molecule has 0 saturated carbocycles. The van der Waals surface area contributed by atoms with Crippen molar-refractivity contribution in [2.24, 2.45) is 5.73 Å². The van der Waals surface area contributed by atoms with Crippen LogP contribution >= 0.6 is 11.6 Å². The lowest BCUT2D eigenvalue weighted by Crippen LogP contribution is -2.35. The van der Waals surface area contributed by atoms with Gasteiger partial charge in [-0.1, -0.05) is 11.6 Å². The molecule has 1 atom stereocenters. The van der Waals surface area contributed by atoms with E-state index in [9.17, 15) is 18.0 Å². The second-order valence-electron chi connectivity index (χ2n) is 4.42. The first-order chi connectivity index (χ1) is 9.75. The molecule has 21 heavy (non-hydrogen) atoms. The zero-order chi connectivity index (χ0) is 16.0. The monoisotopic (exact) mass is 324 g/mol. The van der Waals surface area contributed by atoms with Crippen molar-refractivity contribution in [1.82, 2.24) is 0 Å². The first-order valence-corrected chi connectivity index (χ1v) is 6.55. The third kappa shape index (κ3) is 5.53. The van der Waals surface area contributed by atoms with Crippen LogP contribution < -0.4 is 11.1 Å². The second-order valence-corrected chi connectivity index (χ2v) is 4.83. The van der Waals surface area contributed by atoms with E-state index < -0.39 is 23.7 Å². The lowest BCUT2D eigenvalue weighted by molar-refractivity contribution is -0.137. The van der Waals surface area contributed by atoms with Crippen molar-refractivity contribution >= 4 is 23.2 Å². The quantitative estimate of drug-likeness (QED) is 0.790. The van der Waals surface area contributed by atoms with Crippen LogP contribution in [-0.2, 0) is 15.7 Å². The van der Waals surface area contributed by atoms with E-state index in [1.807, 2.05) is 0 Å². The minimum atomic E-state index is -4.48. The molecule has 1 unspecified atom stereocenters. The topological polar surface area (TPSA) is 64.3 Å². The summed E-state index contributed by atoms with van der Waals surface area (Å²) in [6, 6.07) is 1.93. The van der Waals surface area contributed by atoms with Crippen molar-refractivity contribution in [3.05, 3.63) is 28.8 Å². The fourth-order valence-corrected chi connectivity index (χ4v) is 1.82. The van der Waals surface area contributed by atoms with Gasteiger partial charge in [0.15, 0.2) is 0 Å². The largest absolute Gasteiger partial charge is 0.416 e. The maximum Gasteiger partial charge on any atom is 0.416 e. The molecule has 0 spiro atoms. The van der Waals surface area contributed by atoms with Crippen LogP contribution in [0, 0.1) is 0 Å². The van der Waals surface area contributed by atoms with E-state index in [-0.39, 0.29) is 10.7 Å². The third-order valence-electron chi connectivity index (χ3n) is 2.75. The fraction of sp³-hybridized carbons (Fsp3) is 0.462. The molecule has 1 rings (SSSR count). The van der Waals surface area contributed by atoms with Crippen LogP contribution in [0.5, 0.6) is 0 Å². The molecular weight excluding hydrogens is 309 g/mol. The van der Waals surface area contributed by atoms with Gasteiger partial charge in [-0.3, -0.25) is 4.79 Å². The van der Waals surface area contributed by atoms with Crippen LogP contribution in [0.15, 0.2) is 18.2 Å². The summed E-state index contributed by atoms with van der Waals surface area (Å²) in [5.74, 6) is -0.507. The van der Waals surface area contributed by atoms with Gasteiger partial charge in [-0.2, -0.15) is 13.2 Å². The summed E-state index contributed by atoms with van der Waals surface area (Å²) in [6.07, 6.45) is -3.48. The van der Waals surface area contributed by atoms with E-state index in [0.29, 0.717) is 19.4 Å². The number of amides is 1. The van der Waals surface area contributed by atoms with Crippen LogP contribution in [0.25, 0.3) is 0 Å². The van der Waals surface area contributed by atoms with Crippen LogP contribution in [-0.4, -0.2) is 25.7 Å². The predicted molar refractivity (Wildman–Crippen MR) is 74.2 cm³/mol. The van der Waals surface area contributed by atoms with Crippen LogP contribution in [0.4, 0.5) is 18.9 Å². The number of anilines is 1. The minimum absolute atomic E-state index is 0.0943. The number of halogens is 4. The molecular formula is C13H16ClF3N2O2. The molecule has 0 aromatic heterocycles. The molecule has 0 aliphatic carbocycles. The Kier molecular flexibility index (Phi) is 6.44. The highest BCUT2D eigenvalue weighted by atomic mass is 35.5. The fourth-order valence-electron chi connectivity index (χ4n) is 1.60. The van der Waals surface area contributed by atoms with E-state index in [4.69, 9.17) is 22.1 Å². The maximum atomic E-state index is 12.5. The van der Waals surface area contributed by atoms with E-state index in [1.165, 1.54) is 7.11 Å². The molecule has 0 aliphatic heterocycles. The summed E-state index contributed by atoms with van der Waals surface area (Å²) in [7, 11) is 1.54. The molecule has 0 saturated heterocycles. The number of nitrogens with two attached hydrogens (primary N) is 1. The summed E-state index contributed by atoms with van der Waals surface area (Å²) in [5.41, 5.74) is 4.88. The molecule has 0 bridgehead atoms. The van der Waals surface area contributed by atoms with E-state index in [0.717, 1.165) is 18.2 Å². The van der Waals surface area contributed by atoms with Crippen molar-refractivity contribution in [1.29, 1.82) is 0 Å². The Balaban J connectivity index is 2.68. The van der Waals surface area contributed by atoms with Crippen molar-refractivity contribution in [2.45, 2.75) is 25.1 Å². The van der Waals surface area contributed by atoms with Gasteiger partial charge in [0.2, 0.25) is 5.91 Å². The van der Waals surface area contributed by atoms with Gasteiger partial charge in [-0.25, -0.2) is 0 Å². The molecule has 1 amide bonds. The van der Waals surface area contributed by atoms with Crippen LogP contribution in [0.3, 0.4) is 0 Å². The zero-order valence-electron chi connectivity index (χ0n) is 11.3. The van der Waals surface area contributed by atoms with Crippen LogP contribution in [0.2, 0.25) is 5.02 Å². The number of alkyl halides is 3. The predicted octanol–water partition coefficient (Wildman–Crippen LogP) is 3.05. The number of methoxy groups -OCH3 is 1. The molecule has 0 heterocycles. The number of ether oxygens (including phenoxy) is 1. The SMILES string of the molecule is COCCCC(N)C(=O)Nc1ccc(C(F)(F)F)cc1Cl. The highest BCUT2D eigenvalue weighted by Gasteiger charge is 2.31. The Morgan fingerprint density at radius 2 is 2.14 bits per heavy atom. The summed E-state index contributed by atoms with van der Waals surface area (Å²) in [4.78, 5) is 11.8. The molecule has 118 valence electrons. The Hall–Kier alpha value is -1.31. The van der Waals surface area contributed by atoms with Gasteiger partial charge in [0.05, 0.1) is 22.3 Å². The summed E-state index contributed by atoms with van der Waals surface area (Å²) in [5, 5.41) is 2.22. The normalized spacial score (nSPS) is 13.0. The van der Waals surface area contributed by atoms with Gasteiger partial charge >= 0.3 is 6.18 Å². The van der Waals surface area contributed by atoms with Crippen molar-refractivity contribution in [3.8, 4) is 0 Å². The Bertz CT molecular complexity index is 495. The van der Waals surface area contributed by atoms with Gasteiger partial charge < -0.3 is 15.8 Å². The van der Waals surface area contributed by atoms with Crippen molar-refractivity contribution in [3.63, 3.8) is 0 Å². The smallest absolute Gasteiger partial charge is 0.385 e. The highest BCUT2D eigenvalue weighted by Crippen LogP contribution is 2.33. The highest BCUT2D eigenvalue weighted by molar-refractivity contribution is 6.33. The van der Waals surface area contributed by atoms with E-state index >= 15 is 0 Å². The number of carbonyl (C=O) groups is 1. The van der Waals surface area contributed by atoms with Gasteiger partial charge in [0.25, 0.3) is 0 Å². The molecule has 4 nitrogen and oxygen atoms in total. The Morgan fingerprint density at radius 1 is 1.48 bits per heavy atom. The summed E-state index contributed by atoms with van der Waals surface area (Å²) < 4.78 is 42.3. The third-order valence-corrected chi connectivity index (χ3v) is 3.07. The molecule has 0 radical (unpaired) electrons. The zero-order valence-corrected chi connectivity index (χ0v) is 12.1. The number of rotatable bonds is 6. The lowest BCUT2D eigenvalue weighted by atomic mass is 10.1. The summed E-state index contributed by atoms with van der Waals surface area (Å²) in [6.45, 7) is 0.474. The van der Waals surface area contributed by atoms with Gasteiger partial charge in [0, 0.05) is 13.7 Å². The first-order valence-electron chi connectivity index (χ1n) is 6.18. The number of nitrogens with one attached hydrogen (secondary N) is 1. The molecule has 0 fully saturated rings. The number of benzene rings is 1. The number of hydrogen-bond donors (Lipinski definition) is 2. The van der Waals surface area contributed by atoms with Crippen molar-refractivity contribution < 1.29 is 22.7 Å². The summed E-state index contributed by atoms with van der Waals surface area (Å²) >= 11 is 5.74. The lowest BCUT2D eigenvalue weighted by Gasteiger charge is -2.14. The molecule has 1 aromatic carbocycles. The van der Waals surface area contributed by atoms with Gasteiger partial charge in [-0.15, -0.1) is 0 Å². The van der Waals surface area contributed by atoms with E-state index in [2.05, 4.69) is 5.32 Å². The molecule has 8 heteroatoms. The second kappa shape index (κ2) is 7.63. The number of carbonyl (C=O) groups excluding carboxylic acids is 1. The number of hydrogen-bond acceptors (Lipinski definition) is 3. The molecule has 3 N–H and O–H groups in total. The maximum absolute atomic E-state index is 12.5. The Morgan fingerprint density at radius 3 is 2.67 bits per heavy atom. The standard InChI is InChI=1S/C13H16ClF3N2O2/c1-21-6-2-3-10(18)12(20)19-11-5-4-8(7-9(11)14)13(15,16)17/h4-5,7,10H,2-3,6,18H2,1H3,(H,19,20). The van der Waals surface area contributed by atoms with Crippen LogP contribution in [0.1, 0.15) is 18.4 Å². The van der Waals surface area contributed by atoms with E-state index in [1.54, 1.807) is 0 Å². The molecule has 1 aromatic rings. The van der Waals surface area contributed by atoms with Gasteiger partial charge in [-0.05, 0) is 31.0 Å². The minimum Gasteiger partial charge on any atom is -0.385 e.